The Hall–Kier alpha value is -0.0800. The summed E-state index contributed by atoms with van der Waals surface area (Å²) in [6, 6.07) is 1.03. The van der Waals surface area contributed by atoms with E-state index in [-0.39, 0.29) is 0 Å². The van der Waals surface area contributed by atoms with E-state index in [1.54, 1.807) is 19.3 Å². The molecule has 4 atom stereocenters. The first-order valence-electron chi connectivity index (χ1n) is 7.40. The zero-order valence-electron chi connectivity index (χ0n) is 10.2. The van der Waals surface area contributed by atoms with Gasteiger partial charge in [-0.15, -0.1) is 0 Å². The van der Waals surface area contributed by atoms with Crippen molar-refractivity contribution in [2.45, 2.75) is 38.1 Å². The predicted molar refractivity (Wildman–Crippen MR) is 65.3 cm³/mol. The first-order chi connectivity index (χ1) is 7.95. The zero-order chi connectivity index (χ0) is 10.5. The summed E-state index contributed by atoms with van der Waals surface area (Å²) < 4.78 is 0. The number of hydrogen-bond acceptors (Lipinski definition) is 2. The molecule has 2 heteroatoms. The third-order valence-electron chi connectivity index (χ3n) is 5.71. The number of nitrogens with zero attached hydrogens (tertiary/aromatic N) is 1. The van der Waals surface area contributed by atoms with Gasteiger partial charge in [0.2, 0.25) is 0 Å². The van der Waals surface area contributed by atoms with Gasteiger partial charge in [0.1, 0.15) is 0 Å². The fraction of sp³-hybridized carbons (Fsp3) is 1.00. The number of fused-ring (bicyclic) bond motifs is 5. The van der Waals surface area contributed by atoms with Crippen molar-refractivity contribution in [3.05, 3.63) is 0 Å². The van der Waals surface area contributed by atoms with E-state index in [9.17, 15) is 0 Å². The summed E-state index contributed by atoms with van der Waals surface area (Å²) in [6.45, 7) is 5.21. The van der Waals surface area contributed by atoms with Crippen molar-refractivity contribution in [2.75, 3.05) is 26.2 Å². The van der Waals surface area contributed by atoms with Crippen LogP contribution in [0.1, 0.15) is 32.1 Å². The van der Waals surface area contributed by atoms with Crippen LogP contribution >= 0.6 is 0 Å². The Labute approximate surface area is 98.8 Å². The van der Waals surface area contributed by atoms with Gasteiger partial charge in [-0.3, -0.25) is 4.90 Å². The van der Waals surface area contributed by atoms with Crippen LogP contribution in [0.15, 0.2) is 0 Å². The molecule has 2 nitrogen and oxygen atoms in total. The van der Waals surface area contributed by atoms with E-state index in [0.717, 1.165) is 29.7 Å². The molecule has 16 heavy (non-hydrogen) atoms. The molecule has 4 aliphatic rings. The molecule has 2 bridgehead atoms. The Morgan fingerprint density at radius 3 is 2.12 bits per heavy atom. The Balaban J connectivity index is 1.43. The normalized spacial score (nSPS) is 52.1. The van der Waals surface area contributed by atoms with Gasteiger partial charge in [-0.25, -0.2) is 0 Å². The van der Waals surface area contributed by atoms with E-state index in [0.29, 0.717) is 0 Å². The van der Waals surface area contributed by atoms with Crippen molar-refractivity contribution in [2.24, 2.45) is 23.7 Å². The molecule has 1 N–H and O–H groups in total. The zero-order valence-corrected chi connectivity index (χ0v) is 10.2. The average molecular weight is 220 g/mol. The van der Waals surface area contributed by atoms with Crippen molar-refractivity contribution in [3.63, 3.8) is 0 Å². The molecule has 0 amide bonds. The topological polar surface area (TPSA) is 15.3 Å². The van der Waals surface area contributed by atoms with Crippen LogP contribution in [0.3, 0.4) is 0 Å². The van der Waals surface area contributed by atoms with Crippen molar-refractivity contribution in [1.82, 2.24) is 10.2 Å². The van der Waals surface area contributed by atoms with Crippen LogP contribution in [0.2, 0.25) is 0 Å². The molecule has 0 aromatic rings. The van der Waals surface area contributed by atoms with Crippen LogP contribution < -0.4 is 5.32 Å². The molecular formula is C14H24N2. The average Bonchev–Trinajstić information content (AvgIpc) is 2.68. The molecule has 4 unspecified atom stereocenters. The largest absolute Gasteiger partial charge is 0.317 e. The second-order valence-corrected chi connectivity index (χ2v) is 6.47. The first kappa shape index (κ1) is 9.90. The highest BCUT2D eigenvalue weighted by atomic mass is 15.2. The van der Waals surface area contributed by atoms with Crippen LogP contribution in [-0.2, 0) is 0 Å². The monoisotopic (exact) mass is 220 g/mol. The van der Waals surface area contributed by atoms with Crippen LogP contribution in [0.5, 0.6) is 0 Å². The molecule has 4 rings (SSSR count). The maximum atomic E-state index is 3.52. The molecule has 0 radical (unpaired) electrons. The van der Waals surface area contributed by atoms with Crippen LogP contribution in [0.25, 0.3) is 0 Å². The first-order valence-corrected chi connectivity index (χ1v) is 7.40. The third kappa shape index (κ3) is 1.39. The maximum Gasteiger partial charge on any atom is 0.0164 e. The lowest BCUT2D eigenvalue weighted by Gasteiger charge is -2.27. The Morgan fingerprint density at radius 2 is 1.50 bits per heavy atom. The van der Waals surface area contributed by atoms with Crippen LogP contribution in [0.4, 0.5) is 0 Å². The molecule has 0 aromatic heterocycles. The van der Waals surface area contributed by atoms with E-state index < -0.39 is 0 Å². The summed E-state index contributed by atoms with van der Waals surface area (Å²) in [5.74, 6) is 4.57. The second-order valence-electron chi connectivity index (χ2n) is 6.47. The highest BCUT2D eigenvalue weighted by Crippen LogP contribution is 2.67. The Bertz CT molecular complexity index is 254. The van der Waals surface area contributed by atoms with Gasteiger partial charge >= 0.3 is 0 Å². The fourth-order valence-corrected chi connectivity index (χ4v) is 5.12. The molecule has 1 aliphatic heterocycles. The summed E-state index contributed by atoms with van der Waals surface area (Å²) in [4.78, 5) is 2.86. The molecule has 3 saturated carbocycles. The summed E-state index contributed by atoms with van der Waals surface area (Å²) in [5, 5.41) is 3.52. The van der Waals surface area contributed by atoms with Gasteiger partial charge in [0.15, 0.2) is 0 Å². The minimum absolute atomic E-state index is 1.03. The standard InChI is InChI=1S/C14H24N2/c1-5-15-6-2-8-16(7-1)14-12-10-3-4-11(9-10)13(12)14/h10-15H,1-9H2. The van der Waals surface area contributed by atoms with Crippen LogP contribution in [-0.4, -0.2) is 37.1 Å². The van der Waals surface area contributed by atoms with Crippen molar-refractivity contribution in [3.8, 4) is 0 Å². The lowest BCUT2D eigenvalue weighted by atomic mass is 10.0. The molecule has 0 aromatic carbocycles. The Morgan fingerprint density at radius 1 is 0.875 bits per heavy atom. The van der Waals surface area contributed by atoms with Gasteiger partial charge in [-0.2, -0.15) is 0 Å². The van der Waals surface area contributed by atoms with E-state index in [2.05, 4.69) is 10.2 Å². The molecular weight excluding hydrogens is 196 g/mol. The lowest BCUT2D eigenvalue weighted by Crippen LogP contribution is -2.37. The third-order valence-corrected chi connectivity index (χ3v) is 5.71. The van der Waals surface area contributed by atoms with Gasteiger partial charge in [0.05, 0.1) is 0 Å². The second kappa shape index (κ2) is 3.71. The molecule has 1 heterocycles. The maximum absolute atomic E-state index is 3.52. The SMILES string of the molecule is C1CNCCCN(C2C3C4CCC(C4)C32)C1. The minimum atomic E-state index is 1.03. The molecule has 3 aliphatic carbocycles. The van der Waals surface area contributed by atoms with E-state index in [1.165, 1.54) is 39.0 Å². The number of nitrogens with one attached hydrogen (secondary N) is 1. The van der Waals surface area contributed by atoms with Crippen LogP contribution in [0, 0.1) is 23.7 Å². The number of rotatable bonds is 1. The summed E-state index contributed by atoms with van der Waals surface area (Å²) >= 11 is 0. The van der Waals surface area contributed by atoms with Gasteiger partial charge < -0.3 is 5.32 Å². The summed E-state index contributed by atoms with van der Waals surface area (Å²) in [6.07, 6.45) is 7.47. The summed E-state index contributed by atoms with van der Waals surface area (Å²) in [5.41, 5.74) is 0. The highest BCUT2D eigenvalue weighted by Gasteiger charge is 2.66. The van der Waals surface area contributed by atoms with Crippen molar-refractivity contribution >= 4 is 0 Å². The molecule has 1 saturated heterocycles. The van der Waals surface area contributed by atoms with Gasteiger partial charge in [-0.05, 0) is 82.0 Å². The van der Waals surface area contributed by atoms with Gasteiger partial charge in [-0.1, -0.05) is 0 Å². The molecule has 4 fully saturated rings. The predicted octanol–water partition coefficient (Wildman–Crippen LogP) is 1.72. The lowest BCUT2D eigenvalue weighted by molar-refractivity contribution is 0.205. The van der Waals surface area contributed by atoms with Crippen molar-refractivity contribution < 1.29 is 0 Å². The molecule has 90 valence electrons. The minimum Gasteiger partial charge on any atom is -0.317 e. The molecule has 0 spiro atoms. The van der Waals surface area contributed by atoms with E-state index >= 15 is 0 Å². The Kier molecular flexibility index (Phi) is 2.29. The smallest absolute Gasteiger partial charge is 0.0164 e. The van der Waals surface area contributed by atoms with E-state index in [4.69, 9.17) is 0 Å². The number of hydrogen-bond donors (Lipinski definition) is 1. The fourth-order valence-electron chi connectivity index (χ4n) is 5.12. The quantitative estimate of drug-likeness (QED) is 0.724. The van der Waals surface area contributed by atoms with Gasteiger partial charge in [0, 0.05) is 6.04 Å². The van der Waals surface area contributed by atoms with E-state index in [1.807, 2.05) is 0 Å². The highest BCUT2D eigenvalue weighted by molar-refractivity contribution is 5.17. The van der Waals surface area contributed by atoms with Crippen molar-refractivity contribution in [1.29, 1.82) is 0 Å². The van der Waals surface area contributed by atoms with Gasteiger partial charge in [0.25, 0.3) is 0 Å². The summed E-state index contributed by atoms with van der Waals surface area (Å²) in [7, 11) is 0.